The Kier molecular flexibility index (Phi) is 4.10. The van der Waals surface area contributed by atoms with E-state index < -0.39 is 23.7 Å². The van der Waals surface area contributed by atoms with Crippen LogP contribution < -0.4 is 4.90 Å². The molecule has 0 N–H and O–H groups in total. The first-order valence-electron chi connectivity index (χ1n) is 7.95. The van der Waals surface area contributed by atoms with Crippen molar-refractivity contribution in [1.29, 1.82) is 0 Å². The van der Waals surface area contributed by atoms with E-state index in [1.54, 1.807) is 6.07 Å². The average Bonchev–Trinajstić information content (AvgIpc) is 3.05. The average molecular weight is 347 g/mol. The van der Waals surface area contributed by atoms with Gasteiger partial charge in [-0.3, -0.25) is 0 Å². The van der Waals surface area contributed by atoms with E-state index in [0.29, 0.717) is 5.69 Å². The largest absolute Gasteiger partial charge is 0.468 e. The van der Waals surface area contributed by atoms with Gasteiger partial charge in [-0.05, 0) is 17.5 Å². The second-order valence-electron chi connectivity index (χ2n) is 6.21. The summed E-state index contributed by atoms with van der Waals surface area (Å²) in [7, 11) is 4.16. The molecule has 2 unspecified atom stereocenters. The molecule has 0 spiro atoms. The molecule has 1 saturated heterocycles. The van der Waals surface area contributed by atoms with Gasteiger partial charge in [0, 0.05) is 0 Å². The number of methoxy groups -OCH3 is 3. The van der Waals surface area contributed by atoms with Crippen molar-refractivity contribution >= 4 is 17.7 Å². The van der Waals surface area contributed by atoms with Crippen molar-refractivity contribution in [1.82, 2.24) is 0 Å². The van der Waals surface area contributed by atoms with Gasteiger partial charge in [0.1, 0.15) is 5.57 Å². The Bertz CT molecular complexity index is 750. The van der Waals surface area contributed by atoms with E-state index >= 15 is 0 Å². The maximum atomic E-state index is 12.7. The van der Waals surface area contributed by atoms with E-state index in [4.69, 9.17) is 18.9 Å². The molecular formula is C18H21NO6. The van der Waals surface area contributed by atoms with Gasteiger partial charge in [0.25, 0.3) is 5.95 Å². The van der Waals surface area contributed by atoms with Crippen LogP contribution in [0.4, 0.5) is 10.5 Å². The first-order valence-corrected chi connectivity index (χ1v) is 7.95. The maximum absolute atomic E-state index is 12.7. The highest BCUT2D eigenvalue weighted by Crippen LogP contribution is 2.58. The molecule has 0 aliphatic carbocycles. The summed E-state index contributed by atoms with van der Waals surface area (Å²) in [4.78, 5) is 26.5. The highest BCUT2D eigenvalue weighted by atomic mass is 16.7. The lowest BCUT2D eigenvalue weighted by Crippen LogP contribution is -2.48. The van der Waals surface area contributed by atoms with Crippen LogP contribution in [0.15, 0.2) is 35.8 Å². The Morgan fingerprint density at radius 2 is 1.80 bits per heavy atom. The van der Waals surface area contributed by atoms with E-state index in [1.165, 1.54) is 26.2 Å². The fourth-order valence-electron chi connectivity index (χ4n) is 3.95. The zero-order valence-corrected chi connectivity index (χ0v) is 14.9. The third kappa shape index (κ3) is 2.04. The summed E-state index contributed by atoms with van der Waals surface area (Å²) in [5.41, 5.74) is 0.803. The van der Waals surface area contributed by atoms with E-state index in [1.807, 2.05) is 32.0 Å². The van der Waals surface area contributed by atoms with Crippen molar-refractivity contribution in [3.63, 3.8) is 0 Å². The van der Waals surface area contributed by atoms with Crippen LogP contribution in [0.1, 0.15) is 19.4 Å². The third-order valence-electron chi connectivity index (χ3n) is 4.93. The van der Waals surface area contributed by atoms with Crippen molar-refractivity contribution < 1.29 is 28.5 Å². The molecule has 2 atom stereocenters. The Balaban J connectivity index is 2.37. The number of rotatable bonds is 3. The summed E-state index contributed by atoms with van der Waals surface area (Å²) in [5.74, 6) is -0.571. The maximum Gasteiger partial charge on any atom is 0.417 e. The van der Waals surface area contributed by atoms with E-state index in [0.717, 1.165) is 5.56 Å². The molecule has 2 aliphatic heterocycles. The molecule has 1 amide bonds. The van der Waals surface area contributed by atoms with Crippen molar-refractivity contribution in [2.24, 2.45) is 5.92 Å². The lowest BCUT2D eigenvalue weighted by Gasteiger charge is -2.33. The molecule has 0 radical (unpaired) electrons. The van der Waals surface area contributed by atoms with Crippen LogP contribution in [-0.4, -0.2) is 39.6 Å². The highest BCUT2D eigenvalue weighted by molar-refractivity contribution is 6.02. The van der Waals surface area contributed by atoms with Crippen LogP contribution in [0.2, 0.25) is 0 Å². The lowest BCUT2D eigenvalue weighted by atomic mass is 9.68. The molecule has 1 aromatic carbocycles. The molecule has 134 valence electrons. The topological polar surface area (TPSA) is 74.3 Å². The number of amides is 1. The predicted octanol–water partition coefficient (Wildman–Crippen LogP) is 2.55. The van der Waals surface area contributed by atoms with Crippen molar-refractivity contribution in [2.45, 2.75) is 25.5 Å². The molecule has 7 nitrogen and oxygen atoms in total. The summed E-state index contributed by atoms with van der Waals surface area (Å²) in [6.45, 7) is 3.94. The standard InChI is InChI=1S/C18H21NO6/c1-10(2)18-11-8-6-7-9-12(11)19(17(21)24-5)16(18)25-14(20)13(18)15(22-3)23-4/h6-10,16H,1-5H3. The summed E-state index contributed by atoms with van der Waals surface area (Å²) >= 11 is 0. The number of hydrogen-bond acceptors (Lipinski definition) is 6. The molecule has 0 aromatic heterocycles. The summed E-state index contributed by atoms with van der Waals surface area (Å²) in [6, 6.07) is 7.37. The van der Waals surface area contributed by atoms with Crippen LogP contribution in [0.25, 0.3) is 0 Å². The zero-order chi connectivity index (χ0) is 18.4. The fourth-order valence-corrected chi connectivity index (χ4v) is 3.95. The number of hydrogen-bond donors (Lipinski definition) is 0. The van der Waals surface area contributed by atoms with Gasteiger partial charge in [0.2, 0.25) is 0 Å². The number of nitrogens with zero attached hydrogens (tertiary/aromatic N) is 1. The molecule has 0 bridgehead atoms. The van der Waals surface area contributed by atoms with Crippen molar-refractivity contribution in [3.05, 3.63) is 41.3 Å². The predicted molar refractivity (Wildman–Crippen MR) is 88.8 cm³/mol. The Morgan fingerprint density at radius 3 is 2.36 bits per heavy atom. The number of esters is 1. The SMILES string of the molecule is COC(=O)N1c2ccccc2C2(C(C)C)C(=C(OC)OC)C(=O)OC12. The minimum Gasteiger partial charge on any atom is -0.468 e. The van der Waals surface area contributed by atoms with Gasteiger partial charge in [-0.25, -0.2) is 14.5 Å². The fraction of sp³-hybridized carbons (Fsp3) is 0.444. The Hall–Kier alpha value is -2.70. The van der Waals surface area contributed by atoms with Crippen LogP contribution in [-0.2, 0) is 29.2 Å². The van der Waals surface area contributed by atoms with Gasteiger partial charge in [-0.2, -0.15) is 0 Å². The number of para-hydroxylation sites is 1. The number of benzene rings is 1. The first-order chi connectivity index (χ1) is 11.9. The van der Waals surface area contributed by atoms with Gasteiger partial charge >= 0.3 is 12.1 Å². The summed E-state index contributed by atoms with van der Waals surface area (Å²) in [6.07, 6.45) is -1.45. The molecule has 1 fully saturated rings. The monoisotopic (exact) mass is 347 g/mol. The molecule has 1 aromatic rings. The van der Waals surface area contributed by atoms with Crippen LogP contribution >= 0.6 is 0 Å². The number of carbonyl (C=O) groups is 2. The Labute approximate surface area is 146 Å². The van der Waals surface area contributed by atoms with Gasteiger partial charge in [0.15, 0.2) is 6.23 Å². The third-order valence-corrected chi connectivity index (χ3v) is 4.93. The van der Waals surface area contributed by atoms with Gasteiger partial charge in [0.05, 0.1) is 32.4 Å². The molecule has 25 heavy (non-hydrogen) atoms. The number of ether oxygens (including phenoxy) is 4. The quantitative estimate of drug-likeness (QED) is 0.475. The second-order valence-corrected chi connectivity index (χ2v) is 6.21. The first kappa shape index (κ1) is 17.1. The summed E-state index contributed by atoms with van der Waals surface area (Å²) in [5, 5.41) is 0. The van der Waals surface area contributed by atoms with Gasteiger partial charge in [-0.15, -0.1) is 0 Å². The van der Waals surface area contributed by atoms with E-state index in [9.17, 15) is 9.59 Å². The lowest BCUT2D eigenvalue weighted by molar-refractivity contribution is -0.139. The minimum absolute atomic E-state index is 0.0859. The number of fused-ring (bicyclic) bond motifs is 3. The molecule has 7 heteroatoms. The normalized spacial score (nSPS) is 23.9. The summed E-state index contributed by atoms with van der Waals surface area (Å²) < 4.78 is 21.2. The van der Waals surface area contributed by atoms with Crippen molar-refractivity contribution in [3.8, 4) is 0 Å². The number of anilines is 1. The zero-order valence-electron chi connectivity index (χ0n) is 14.9. The molecule has 2 heterocycles. The molecular weight excluding hydrogens is 326 g/mol. The van der Waals surface area contributed by atoms with E-state index in [2.05, 4.69) is 0 Å². The number of carbonyl (C=O) groups excluding carboxylic acids is 2. The van der Waals surface area contributed by atoms with Gasteiger partial charge in [-0.1, -0.05) is 32.0 Å². The van der Waals surface area contributed by atoms with E-state index in [-0.39, 0.29) is 17.4 Å². The minimum atomic E-state index is -0.913. The van der Waals surface area contributed by atoms with Crippen LogP contribution in [0.5, 0.6) is 0 Å². The second kappa shape index (κ2) is 5.98. The molecule has 3 rings (SSSR count). The molecule has 0 saturated carbocycles. The van der Waals surface area contributed by atoms with Gasteiger partial charge < -0.3 is 18.9 Å². The van der Waals surface area contributed by atoms with Crippen LogP contribution in [0, 0.1) is 5.92 Å². The smallest absolute Gasteiger partial charge is 0.417 e. The van der Waals surface area contributed by atoms with Crippen LogP contribution in [0.3, 0.4) is 0 Å². The van der Waals surface area contributed by atoms with Crippen molar-refractivity contribution in [2.75, 3.05) is 26.2 Å². The Morgan fingerprint density at radius 1 is 1.16 bits per heavy atom. The molecule has 2 aliphatic rings. The highest BCUT2D eigenvalue weighted by Gasteiger charge is 2.67.